The summed E-state index contributed by atoms with van der Waals surface area (Å²) in [5.41, 5.74) is 0.561. The number of carbonyl (C=O) groups excluding carboxylic acids is 1. The van der Waals surface area contributed by atoms with Crippen molar-refractivity contribution in [1.82, 2.24) is 9.71 Å². The van der Waals surface area contributed by atoms with E-state index in [0.29, 0.717) is 5.56 Å². The minimum Gasteiger partial charge on any atom is -0.292 e. The molecule has 2 aromatic rings. The Morgan fingerprint density at radius 1 is 1.10 bits per heavy atom. The molecule has 2 N–H and O–H groups in total. The van der Waals surface area contributed by atoms with Gasteiger partial charge in [0.25, 0.3) is 10.0 Å². The molecule has 1 heterocycles. The lowest BCUT2D eigenvalue weighted by Crippen LogP contribution is -2.34. The highest BCUT2D eigenvalue weighted by Crippen LogP contribution is 2.13. The molecule has 1 aromatic carbocycles. The Labute approximate surface area is 116 Å². The Morgan fingerprint density at radius 3 is 2.45 bits per heavy atom. The first-order valence-electron chi connectivity index (χ1n) is 5.79. The highest BCUT2D eigenvalue weighted by Gasteiger charge is 2.19. The van der Waals surface area contributed by atoms with Crippen LogP contribution >= 0.6 is 0 Å². The van der Waals surface area contributed by atoms with E-state index >= 15 is 0 Å². The average Bonchev–Trinajstić information content (AvgIpc) is 2.39. The van der Waals surface area contributed by atoms with Crippen LogP contribution < -0.4 is 10.0 Å². The standard InChI is InChI=1S/C13H13N3O3S/c1-10-6-2-3-7-11(10)20(18,19)16-13(17)15-12-8-4-5-9-14-12/h2-9H,1H3,(H2,14,15,16,17). The molecule has 0 saturated carbocycles. The quantitative estimate of drug-likeness (QED) is 0.904. The summed E-state index contributed by atoms with van der Waals surface area (Å²) in [4.78, 5) is 15.6. The molecule has 0 radical (unpaired) electrons. The number of carbonyl (C=O) groups is 1. The average molecular weight is 291 g/mol. The molecule has 0 aliphatic heterocycles. The van der Waals surface area contributed by atoms with Crippen LogP contribution in [0.25, 0.3) is 0 Å². The molecule has 2 rings (SSSR count). The lowest BCUT2D eigenvalue weighted by molar-refractivity contribution is 0.256. The van der Waals surface area contributed by atoms with E-state index in [-0.39, 0.29) is 10.7 Å². The van der Waals surface area contributed by atoms with Crippen molar-refractivity contribution >= 4 is 21.9 Å². The van der Waals surface area contributed by atoms with Gasteiger partial charge in [-0.15, -0.1) is 0 Å². The topological polar surface area (TPSA) is 88.2 Å². The molecule has 0 fully saturated rings. The van der Waals surface area contributed by atoms with Crippen LogP contribution in [0.4, 0.5) is 10.6 Å². The number of nitrogens with zero attached hydrogens (tertiary/aromatic N) is 1. The van der Waals surface area contributed by atoms with Crippen LogP contribution in [-0.2, 0) is 10.0 Å². The number of aryl methyl sites for hydroxylation is 1. The highest BCUT2D eigenvalue weighted by atomic mass is 32.2. The van der Waals surface area contributed by atoms with Crippen LogP contribution in [0, 0.1) is 6.92 Å². The van der Waals surface area contributed by atoms with Crippen molar-refractivity contribution in [1.29, 1.82) is 0 Å². The first-order valence-corrected chi connectivity index (χ1v) is 7.28. The number of amides is 2. The van der Waals surface area contributed by atoms with Crippen molar-refractivity contribution in [3.8, 4) is 0 Å². The van der Waals surface area contributed by atoms with Gasteiger partial charge in [-0.2, -0.15) is 0 Å². The third kappa shape index (κ3) is 3.33. The number of aromatic nitrogens is 1. The fourth-order valence-corrected chi connectivity index (χ4v) is 2.77. The van der Waals surface area contributed by atoms with E-state index < -0.39 is 16.1 Å². The normalized spacial score (nSPS) is 10.8. The Morgan fingerprint density at radius 2 is 1.80 bits per heavy atom. The Balaban J connectivity index is 2.13. The van der Waals surface area contributed by atoms with E-state index in [2.05, 4.69) is 10.3 Å². The maximum Gasteiger partial charge on any atom is 0.334 e. The molecule has 0 unspecified atom stereocenters. The predicted octanol–water partition coefficient (Wildman–Crippen LogP) is 1.90. The zero-order valence-corrected chi connectivity index (χ0v) is 11.5. The number of hydrogen-bond donors (Lipinski definition) is 2. The summed E-state index contributed by atoms with van der Waals surface area (Å²) in [6, 6.07) is 10.5. The number of hydrogen-bond acceptors (Lipinski definition) is 4. The molecule has 0 aliphatic carbocycles. The molecule has 7 heteroatoms. The van der Waals surface area contributed by atoms with Crippen molar-refractivity contribution in [2.75, 3.05) is 5.32 Å². The molecule has 20 heavy (non-hydrogen) atoms. The Bertz CT molecular complexity index is 715. The number of anilines is 1. The van der Waals surface area contributed by atoms with Gasteiger partial charge in [0, 0.05) is 6.20 Å². The van der Waals surface area contributed by atoms with E-state index in [1.165, 1.54) is 12.3 Å². The lowest BCUT2D eigenvalue weighted by Gasteiger charge is -2.09. The minimum atomic E-state index is -3.90. The SMILES string of the molecule is Cc1ccccc1S(=O)(=O)NC(=O)Nc1ccccn1. The molecule has 0 aliphatic rings. The van der Waals surface area contributed by atoms with Gasteiger partial charge < -0.3 is 0 Å². The van der Waals surface area contributed by atoms with Crippen LogP contribution in [0.3, 0.4) is 0 Å². The summed E-state index contributed by atoms with van der Waals surface area (Å²) in [6.45, 7) is 1.66. The largest absolute Gasteiger partial charge is 0.334 e. The van der Waals surface area contributed by atoms with Crippen molar-refractivity contribution < 1.29 is 13.2 Å². The summed E-state index contributed by atoms with van der Waals surface area (Å²) < 4.78 is 26.1. The zero-order chi connectivity index (χ0) is 14.6. The van der Waals surface area contributed by atoms with Crippen LogP contribution in [0.5, 0.6) is 0 Å². The molecule has 1 aromatic heterocycles. The molecule has 0 atom stereocenters. The van der Waals surface area contributed by atoms with E-state index in [1.807, 2.05) is 4.72 Å². The number of benzene rings is 1. The summed E-state index contributed by atoms with van der Waals surface area (Å²) in [5, 5.41) is 2.35. The van der Waals surface area contributed by atoms with Crippen molar-refractivity contribution in [2.24, 2.45) is 0 Å². The number of pyridine rings is 1. The van der Waals surface area contributed by atoms with Crippen LogP contribution in [0.2, 0.25) is 0 Å². The van der Waals surface area contributed by atoms with Gasteiger partial charge in [0.15, 0.2) is 0 Å². The molecule has 0 bridgehead atoms. The molecular weight excluding hydrogens is 278 g/mol. The van der Waals surface area contributed by atoms with Gasteiger partial charge in [0.05, 0.1) is 4.90 Å². The van der Waals surface area contributed by atoms with Crippen molar-refractivity contribution in [3.63, 3.8) is 0 Å². The van der Waals surface area contributed by atoms with E-state index in [4.69, 9.17) is 0 Å². The number of rotatable bonds is 3. The van der Waals surface area contributed by atoms with Crippen molar-refractivity contribution in [2.45, 2.75) is 11.8 Å². The van der Waals surface area contributed by atoms with Gasteiger partial charge in [-0.1, -0.05) is 24.3 Å². The van der Waals surface area contributed by atoms with E-state index in [1.54, 1.807) is 43.3 Å². The highest BCUT2D eigenvalue weighted by molar-refractivity contribution is 7.90. The Kier molecular flexibility index (Phi) is 3.99. The third-order valence-electron chi connectivity index (χ3n) is 2.52. The van der Waals surface area contributed by atoms with Gasteiger partial charge in [-0.3, -0.25) is 5.32 Å². The van der Waals surface area contributed by atoms with Gasteiger partial charge in [0.2, 0.25) is 0 Å². The van der Waals surface area contributed by atoms with Crippen molar-refractivity contribution in [3.05, 3.63) is 54.2 Å². The molecule has 0 spiro atoms. The number of urea groups is 1. The molecule has 0 saturated heterocycles. The van der Waals surface area contributed by atoms with Gasteiger partial charge in [-0.05, 0) is 30.7 Å². The van der Waals surface area contributed by atoms with E-state index in [9.17, 15) is 13.2 Å². The van der Waals surface area contributed by atoms with Crippen LogP contribution in [-0.4, -0.2) is 19.4 Å². The molecular formula is C13H13N3O3S. The van der Waals surface area contributed by atoms with Gasteiger partial charge in [-0.25, -0.2) is 22.9 Å². The second-order valence-corrected chi connectivity index (χ2v) is 5.69. The summed E-state index contributed by atoms with van der Waals surface area (Å²) in [6.07, 6.45) is 1.49. The molecule has 2 amide bonds. The summed E-state index contributed by atoms with van der Waals surface area (Å²) >= 11 is 0. The van der Waals surface area contributed by atoms with Crippen LogP contribution in [0.15, 0.2) is 53.6 Å². The second kappa shape index (κ2) is 5.70. The number of sulfonamides is 1. The summed E-state index contributed by atoms with van der Waals surface area (Å²) in [5.74, 6) is 0.269. The van der Waals surface area contributed by atoms with Gasteiger partial charge >= 0.3 is 6.03 Å². The monoisotopic (exact) mass is 291 g/mol. The smallest absolute Gasteiger partial charge is 0.292 e. The second-order valence-electron chi connectivity index (χ2n) is 4.04. The fraction of sp³-hybridized carbons (Fsp3) is 0.0769. The maximum absolute atomic E-state index is 12.1. The van der Waals surface area contributed by atoms with Crippen LogP contribution in [0.1, 0.15) is 5.56 Å². The number of nitrogens with one attached hydrogen (secondary N) is 2. The van der Waals surface area contributed by atoms with Gasteiger partial charge in [0.1, 0.15) is 5.82 Å². The predicted molar refractivity (Wildman–Crippen MR) is 74.8 cm³/mol. The zero-order valence-electron chi connectivity index (χ0n) is 10.7. The molecule has 6 nitrogen and oxygen atoms in total. The first kappa shape index (κ1) is 14.0. The third-order valence-corrected chi connectivity index (χ3v) is 4.01. The lowest BCUT2D eigenvalue weighted by atomic mass is 10.2. The fourth-order valence-electron chi connectivity index (χ4n) is 1.61. The molecule has 104 valence electrons. The first-order chi connectivity index (χ1) is 9.49. The Hall–Kier alpha value is -2.41. The summed E-state index contributed by atoms with van der Waals surface area (Å²) in [7, 11) is -3.90. The minimum absolute atomic E-state index is 0.0659. The maximum atomic E-state index is 12.1. The van der Waals surface area contributed by atoms with E-state index in [0.717, 1.165) is 0 Å².